The largest absolute Gasteiger partial charge is 0.0999 e. The minimum absolute atomic E-state index is 0.778. The molecule has 0 aliphatic rings. The lowest BCUT2D eigenvalue weighted by atomic mass is 9.93. The Morgan fingerprint density at radius 2 is 1.75 bits per heavy atom. The van der Waals surface area contributed by atoms with Crippen LogP contribution in [0.2, 0.25) is 0 Å². The molecule has 0 fully saturated rings. The highest BCUT2D eigenvalue weighted by molar-refractivity contribution is 5.09. The van der Waals surface area contributed by atoms with E-state index in [0.29, 0.717) is 0 Å². The van der Waals surface area contributed by atoms with Gasteiger partial charge in [-0.1, -0.05) is 63.1 Å². The van der Waals surface area contributed by atoms with Gasteiger partial charge in [0, 0.05) is 0 Å². The standard InChI is InChI=1S/C10H20.C6H10/c1-5-7-8-10(6-2)9(3)4;1-4-5-6(2)3/h10H,3,5-8H2,1-2,4H3;4-5H,2H2,1,3H3/b;5-4-. The zero-order chi connectivity index (χ0) is 13.0. The first-order valence-electron chi connectivity index (χ1n) is 6.43. The van der Waals surface area contributed by atoms with Crippen molar-refractivity contribution in [2.75, 3.05) is 0 Å². The molecule has 16 heavy (non-hydrogen) atoms. The predicted molar refractivity (Wildman–Crippen MR) is 77.7 cm³/mol. The average Bonchev–Trinajstić information content (AvgIpc) is 2.19. The fourth-order valence-corrected chi connectivity index (χ4v) is 1.53. The lowest BCUT2D eigenvalue weighted by Gasteiger charge is -2.13. The summed E-state index contributed by atoms with van der Waals surface area (Å²) in [6.45, 7) is 18.2. The molecule has 0 heteroatoms. The molecule has 0 rings (SSSR count). The Morgan fingerprint density at radius 3 is 1.94 bits per heavy atom. The summed E-state index contributed by atoms with van der Waals surface area (Å²) in [5, 5.41) is 0. The summed E-state index contributed by atoms with van der Waals surface area (Å²) in [6, 6.07) is 0. The number of hydrogen-bond donors (Lipinski definition) is 0. The number of unbranched alkanes of at least 4 members (excludes halogenated alkanes) is 1. The number of allylic oxidation sites excluding steroid dienone is 4. The molecule has 0 aliphatic heterocycles. The van der Waals surface area contributed by atoms with Crippen molar-refractivity contribution < 1.29 is 0 Å². The van der Waals surface area contributed by atoms with Gasteiger partial charge >= 0.3 is 0 Å². The molecule has 0 heterocycles. The van der Waals surface area contributed by atoms with Gasteiger partial charge in [-0.3, -0.25) is 0 Å². The first kappa shape index (κ1) is 17.6. The van der Waals surface area contributed by atoms with Crippen LogP contribution in [0.25, 0.3) is 0 Å². The highest BCUT2D eigenvalue weighted by Crippen LogP contribution is 2.19. The van der Waals surface area contributed by atoms with E-state index in [-0.39, 0.29) is 0 Å². The van der Waals surface area contributed by atoms with Gasteiger partial charge in [0.2, 0.25) is 0 Å². The molecule has 0 saturated carbocycles. The molecular formula is C16H30. The molecule has 0 aromatic heterocycles. The highest BCUT2D eigenvalue weighted by Gasteiger charge is 2.04. The summed E-state index contributed by atoms with van der Waals surface area (Å²) < 4.78 is 0. The number of hydrogen-bond acceptors (Lipinski definition) is 0. The molecule has 0 bridgehead atoms. The summed E-state index contributed by atoms with van der Waals surface area (Å²) >= 11 is 0. The third-order valence-electron chi connectivity index (χ3n) is 2.55. The van der Waals surface area contributed by atoms with Crippen LogP contribution in [0.3, 0.4) is 0 Å². The first-order chi connectivity index (χ1) is 7.49. The van der Waals surface area contributed by atoms with Crippen molar-refractivity contribution in [2.24, 2.45) is 5.92 Å². The average molecular weight is 222 g/mol. The van der Waals surface area contributed by atoms with Crippen molar-refractivity contribution in [3.8, 4) is 0 Å². The Bertz CT molecular complexity index is 208. The van der Waals surface area contributed by atoms with Crippen molar-refractivity contribution in [2.45, 2.75) is 60.3 Å². The Balaban J connectivity index is 0. The quantitative estimate of drug-likeness (QED) is 0.386. The van der Waals surface area contributed by atoms with Gasteiger partial charge in [-0.05, 0) is 39.5 Å². The summed E-state index contributed by atoms with van der Waals surface area (Å²) in [7, 11) is 0. The molecule has 0 aliphatic carbocycles. The van der Waals surface area contributed by atoms with Gasteiger partial charge in [-0.25, -0.2) is 0 Å². The van der Waals surface area contributed by atoms with Crippen molar-refractivity contribution in [1.82, 2.24) is 0 Å². The molecule has 0 amide bonds. The van der Waals surface area contributed by atoms with Gasteiger partial charge in [0.15, 0.2) is 0 Å². The van der Waals surface area contributed by atoms with Crippen LogP contribution in [-0.2, 0) is 0 Å². The van der Waals surface area contributed by atoms with E-state index >= 15 is 0 Å². The predicted octanol–water partition coefficient (Wildman–Crippen LogP) is 5.92. The summed E-state index contributed by atoms with van der Waals surface area (Å²) in [5.74, 6) is 0.778. The number of rotatable bonds is 6. The molecule has 1 atom stereocenters. The molecule has 1 unspecified atom stereocenters. The SMILES string of the molecule is C=C(C)/C=C\C.C=C(C)C(CC)CCCC. The second-order valence-electron chi connectivity index (χ2n) is 4.44. The van der Waals surface area contributed by atoms with E-state index in [4.69, 9.17) is 0 Å². The van der Waals surface area contributed by atoms with Crippen LogP contribution in [0.4, 0.5) is 0 Å². The third-order valence-corrected chi connectivity index (χ3v) is 2.55. The minimum atomic E-state index is 0.778. The molecule has 0 saturated heterocycles. The van der Waals surface area contributed by atoms with E-state index < -0.39 is 0 Å². The second kappa shape index (κ2) is 12.3. The van der Waals surface area contributed by atoms with E-state index in [2.05, 4.69) is 33.9 Å². The third kappa shape index (κ3) is 13.2. The lowest BCUT2D eigenvalue weighted by molar-refractivity contribution is 0.516. The molecule has 0 aromatic carbocycles. The van der Waals surface area contributed by atoms with Gasteiger partial charge in [0.25, 0.3) is 0 Å². The zero-order valence-corrected chi connectivity index (χ0v) is 12.0. The maximum absolute atomic E-state index is 3.98. The Kier molecular flexibility index (Phi) is 13.5. The van der Waals surface area contributed by atoms with Gasteiger partial charge < -0.3 is 0 Å². The second-order valence-corrected chi connectivity index (χ2v) is 4.44. The molecule has 94 valence electrons. The van der Waals surface area contributed by atoms with Crippen molar-refractivity contribution in [3.05, 3.63) is 36.5 Å². The van der Waals surface area contributed by atoms with Crippen LogP contribution in [0.15, 0.2) is 36.5 Å². The maximum Gasteiger partial charge on any atom is -0.0211 e. The zero-order valence-electron chi connectivity index (χ0n) is 12.0. The van der Waals surface area contributed by atoms with Crippen LogP contribution in [0.5, 0.6) is 0 Å². The molecule has 0 spiro atoms. The molecule has 0 nitrogen and oxygen atoms in total. The van der Waals surface area contributed by atoms with Crippen molar-refractivity contribution in [3.63, 3.8) is 0 Å². The topological polar surface area (TPSA) is 0 Å². The van der Waals surface area contributed by atoms with Gasteiger partial charge in [0.1, 0.15) is 0 Å². The molecule has 0 radical (unpaired) electrons. The Hall–Kier alpha value is -0.780. The lowest BCUT2D eigenvalue weighted by Crippen LogP contribution is -1.98. The highest BCUT2D eigenvalue weighted by atomic mass is 14.1. The van der Waals surface area contributed by atoms with Gasteiger partial charge in [0.05, 0.1) is 0 Å². The van der Waals surface area contributed by atoms with Gasteiger partial charge in [-0.2, -0.15) is 0 Å². The van der Waals surface area contributed by atoms with Crippen LogP contribution in [0.1, 0.15) is 60.3 Å². The van der Waals surface area contributed by atoms with E-state index in [9.17, 15) is 0 Å². The summed E-state index contributed by atoms with van der Waals surface area (Å²) in [5.41, 5.74) is 2.47. The van der Waals surface area contributed by atoms with E-state index in [1.165, 1.54) is 31.3 Å². The van der Waals surface area contributed by atoms with Crippen molar-refractivity contribution in [1.29, 1.82) is 0 Å². The van der Waals surface area contributed by atoms with Crippen LogP contribution in [0, 0.1) is 5.92 Å². The first-order valence-corrected chi connectivity index (χ1v) is 6.43. The fourth-order valence-electron chi connectivity index (χ4n) is 1.53. The van der Waals surface area contributed by atoms with E-state index in [1.54, 1.807) is 0 Å². The summed E-state index contributed by atoms with van der Waals surface area (Å²) in [6.07, 6.45) is 9.20. The molecular weight excluding hydrogens is 192 g/mol. The van der Waals surface area contributed by atoms with E-state index in [0.717, 1.165) is 11.5 Å². The minimum Gasteiger partial charge on any atom is -0.0999 e. The van der Waals surface area contributed by atoms with Crippen molar-refractivity contribution >= 4 is 0 Å². The molecule has 0 N–H and O–H groups in total. The monoisotopic (exact) mass is 222 g/mol. The summed E-state index contributed by atoms with van der Waals surface area (Å²) in [4.78, 5) is 0. The van der Waals surface area contributed by atoms with Crippen LogP contribution >= 0.6 is 0 Å². The maximum atomic E-state index is 3.98. The fraction of sp³-hybridized carbons (Fsp3) is 0.625. The smallest absolute Gasteiger partial charge is 0.0211 e. The normalized spacial score (nSPS) is 11.8. The Morgan fingerprint density at radius 1 is 1.19 bits per heavy atom. The van der Waals surface area contributed by atoms with E-state index in [1.807, 2.05) is 26.0 Å². The molecule has 0 aromatic rings. The van der Waals surface area contributed by atoms with Crippen LogP contribution in [-0.4, -0.2) is 0 Å². The van der Waals surface area contributed by atoms with Gasteiger partial charge in [-0.15, -0.1) is 0 Å². The Labute approximate surface area is 103 Å². The van der Waals surface area contributed by atoms with Crippen LogP contribution < -0.4 is 0 Å².